The molecule has 10 heteroatoms. The van der Waals surface area contributed by atoms with Crippen LogP contribution in [0, 0.1) is 11.3 Å². The maximum atomic E-state index is 14.2. The average Bonchev–Trinajstić information content (AvgIpc) is 3.37. The van der Waals surface area contributed by atoms with Crippen LogP contribution in [0.15, 0.2) is 54.0 Å². The molecule has 30 heavy (non-hydrogen) atoms. The van der Waals surface area contributed by atoms with Crippen molar-refractivity contribution >= 4 is 28.9 Å². The van der Waals surface area contributed by atoms with Gasteiger partial charge in [-0.15, -0.1) is 0 Å². The molecule has 152 valence electrons. The number of benzene rings is 2. The number of alkyl halides is 3. The Kier molecular flexibility index (Phi) is 5.04. The summed E-state index contributed by atoms with van der Waals surface area (Å²) < 4.78 is 44.1. The summed E-state index contributed by atoms with van der Waals surface area (Å²) in [5.41, 5.74) is -0.864. The Morgan fingerprint density at radius 2 is 1.83 bits per heavy atom. The van der Waals surface area contributed by atoms with Crippen molar-refractivity contribution in [3.05, 3.63) is 75.8 Å². The summed E-state index contributed by atoms with van der Waals surface area (Å²) >= 11 is 11.9. The van der Waals surface area contributed by atoms with Gasteiger partial charge in [-0.3, -0.25) is 4.99 Å². The van der Waals surface area contributed by atoms with Gasteiger partial charge in [0.1, 0.15) is 24.1 Å². The second-order valence-corrected chi connectivity index (χ2v) is 7.73. The van der Waals surface area contributed by atoms with E-state index in [1.54, 1.807) is 12.1 Å². The van der Waals surface area contributed by atoms with Crippen LogP contribution in [0.25, 0.3) is 5.69 Å². The number of aliphatic imine (C=N–C) groups is 1. The van der Waals surface area contributed by atoms with Crippen molar-refractivity contribution < 1.29 is 13.2 Å². The molecule has 0 radical (unpaired) electrons. The summed E-state index contributed by atoms with van der Waals surface area (Å²) in [6, 6.07) is 10.7. The molecule has 1 aromatic heterocycles. The summed E-state index contributed by atoms with van der Waals surface area (Å²) in [6.07, 6.45) is -2.21. The summed E-state index contributed by atoms with van der Waals surface area (Å²) in [4.78, 5) is 8.04. The highest BCUT2D eigenvalue weighted by atomic mass is 35.5. The number of halogens is 5. The van der Waals surface area contributed by atoms with Gasteiger partial charge in [0.2, 0.25) is 0 Å². The molecule has 4 rings (SSSR count). The number of hydrogen-bond donors (Lipinski definition) is 0. The van der Waals surface area contributed by atoms with E-state index in [9.17, 15) is 18.4 Å². The van der Waals surface area contributed by atoms with E-state index in [2.05, 4.69) is 15.1 Å². The van der Waals surface area contributed by atoms with Gasteiger partial charge in [0.05, 0.1) is 17.8 Å². The normalized spacial score (nSPS) is 18.9. The Hall–Kier alpha value is -2.89. The number of hydrogen-bond acceptors (Lipinski definition) is 4. The van der Waals surface area contributed by atoms with Gasteiger partial charge in [-0.05, 0) is 41.5 Å². The second-order valence-electron chi connectivity index (χ2n) is 6.86. The largest absolute Gasteiger partial charge is 0.400 e. The molecule has 0 N–H and O–H groups in total. The van der Waals surface area contributed by atoms with E-state index >= 15 is 0 Å². The molecule has 0 amide bonds. The van der Waals surface area contributed by atoms with Crippen molar-refractivity contribution in [2.45, 2.75) is 18.0 Å². The smallest absolute Gasteiger partial charge is 0.288 e. The van der Waals surface area contributed by atoms with Gasteiger partial charge in [-0.1, -0.05) is 29.3 Å². The number of aromatic nitrogens is 3. The fourth-order valence-corrected chi connectivity index (χ4v) is 4.06. The maximum Gasteiger partial charge on any atom is 0.400 e. The van der Waals surface area contributed by atoms with Gasteiger partial charge in [0.25, 0.3) is 0 Å². The van der Waals surface area contributed by atoms with Crippen LogP contribution in [0.2, 0.25) is 10.0 Å². The molecule has 0 saturated carbocycles. The molecule has 0 bridgehead atoms. The standard InChI is InChI=1S/C20H12Cl2F3N5/c21-15-4-14(5-16(22)6-15)19(20(23,24)25)7-17(28-9-19)12-1-2-18(13(3-12)8-26)30-11-27-10-29-30/h1-6,10-11H,7,9H2. The van der Waals surface area contributed by atoms with Crippen molar-refractivity contribution in [2.24, 2.45) is 4.99 Å². The molecule has 1 unspecified atom stereocenters. The van der Waals surface area contributed by atoms with E-state index in [1.165, 1.54) is 41.6 Å². The monoisotopic (exact) mass is 449 g/mol. The lowest BCUT2D eigenvalue weighted by molar-refractivity contribution is -0.183. The van der Waals surface area contributed by atoms with Crippen LogP contribution in [-0.4, -0.2) is 33.2 Å². The zero-order valence-electron chi connectivity index (χ0n) is 15.2. The SMILES string of the molecule is N#Cc1cc(C2=NCC(c3cc(Cl)cc(Cl)c3)(C(F)(F)F)C2)ccc1-n1cncn1. The highest BCUT2D eigenvalue weighted by Gasteiger charge is 2.58. The molecule has 0 aliphatic carbocycles. The molecule has 1 atom stereocenters. The maximum absolute atomic E-state index is 14.2. The molecule has 0 spiro atoms. The van der Waals surface area contributed by atoms with Crippen LogP contribution in [0.4, 0.5) is 13.2 Å². The summed E-state index contributed by atoms with van der Waals surface area (Å²) in [5, 5.41) is 13.7. The predicted octanol–water partition coefficient (Wildman–Crippen LogP) is 5.14. The van der Waals surface area contributed by atoms with Gasteiger partial charge in [-0.2, -0.15) is 23.5 Å². The first-order valence-corrected chi connectivity index (χ1v) is 9.45. The Morgan fingerprint density at radius 1 is 1.10 bits per heavy atom. The molecule has 1 aliphatic rings. The van der Waals surface area contributed by atoms with Crippen molar-refractivity contribution in [2.75, 3.05) is 6.54 Å². The fourth-order valence-electron chi connectivity index (χ4n) is 3.54. The highest BCUT2D eigenvalue weighted by Crippen LogP contribution is 2.48. The van der Waals surface area contributed by atoms with Crippen molar-refractivity contribution in [1.29, 1.82) is 5.26 Å². The first kappa shape index (κ1) is 20.4. The molecule has 2 aromatic carbocycles. The lowest BCUT2D eigenvalue weighted by Gasteiger charge is -2.31. The Balaban J connectivity index is 1.74. The molecule has 3 aromatic rings. The molecule has 0 fully saturated rings. The summed E-state index contributed by atoms with van der Waals surface area (Å²) in [5.74, 6) is 0. The quantitative estimate of drug-likeness (QED) is 0.555. The minimum Gasteiger partial charge on any atom is -0.288 e. The predicted molar refractivity (Wildman–Crippen MR) is 106 cm³/mol. The average molecular weight is 450 g/mol. The molecule has 5 nitrogen and oxygen atoms in total. The third-order valence-electron chi connectivity index (χ3n) is 5.08. The third-order valence-corrected chi connectivity index (χ3v) is 5.52. The van der Waals surface area contributed by atoms with Crippen molar-refractivity contribution in [3.8, 4) is 11.8 Å². The van der Waals surface area contributed by atoms with E-state index in [0.29, 0.717) is 11.3 Å². The van der Waals surface area contributed by atoms with Gasteiger partial charge in [-0.25, -0.2) is 9.67 Å². The van der Waals surface area contributed by atoms with Crippen LogP contribution in [0.3, 0.4) is 0 Å². The molecular formula is C20H12Cl2F3N5. The molecule has 0 saturated heterocycles. The fraction of sp³-hybridized carbons (Fsp3) is 0.200. The van der Waals surface area contributed by atoms with E-state index in [1.807, 2.05) is 6.07 Å². The van der Waals surface area contributed by atoms with Gasteiger partial charge in [0.15, 0.2) is 0 Å². The minimum atomic E-state index is -4.58. The van der Waals surface area contributed by atoms with Crippen LogP contribution in [0.5, 0.6) is 0 Å². The van der Waals surface area contributed by atoms with Crippen LogP contribution in [-0.2, 0) is 5.41 Å². The number of rotatable bonds is 3. The van der Waals surface area contributed by atoms with Crippen molar-refractivity contribution in [1.82, 2.24) is 14.8 Å². The van der Waals surface area contributed by atoms with E-state index < -0.39 is 18.1 Å². The zero-order valence-corrected chi connectivity index (χ0v) is 16.7. The lowest BCUT2D eigenvalue weighted by atomic mass is 9.76. The molecule has 1 aliphatic heterocycles. The second kappa shape index (κ2) is 7.42. The van der Waals surface area contributed by atoms with Gasteiger partial charge in [0, 0.05) is 22.2 Å². The Labute approximate surface area is 179 Å². The Morgan fingerprint density at radius 3 is 2.43 bits per heavy atom. The topological polar surface area (TPSA) is 66.9 Å². The van der Waals surface area contributed by atoms with Gasteiger partial charge < -0.3 is 0 Å². The first-order valence-electron chi connectivity index (χ1n) is 8.70. The van der Waals surface area contributed by atoms with E-state index in [0.717, 1.165) is 0 Å². The lowest BCUT2D eigenvalue weighted by Crippen LogP contribution is -2.43. The Bertz CT molecular complexity index is 1160. The number of nitrogens with zero attached hydrogens (tertiary/aromatic N) is 5. The van der Waals surface area contributed by atoms with E-state index in [-0.39, 0.29) is 33.3 Å². The van der Waals surface area contributed by atoms with Crippen LogP contribution in [0.1, 0.15) is 23.1 Å². The summed E-state index contributed by atoms with van der Waals surface area (Å²) in [6.45, 7) is -0.491. The molecule has 2 heterocycles. The summed E-state index contributed by atoms with van der Waals surface area (Å²) in [7, 11) is 0. The number of nitriles is 1. The minimum absolute atomic E-state index is 0.0361. The zero-order chi connectivity index (χ0) is 21.5. The highest BCUT2D eigenvalue weighted by molar-refractivity contribution is 6.34. The first-order chi connectivity index (χ1) is 14.2. The molecular weight excluding hydrogens is 438 g/mol. The van der Waals surface area contributed by atoms with Crippen LogP contribution < -0.4 is 0 Å². The van der Waals surface area contributed by atoms with Crippen LogP contribution >= 0.6 is 23.2 Å². The van der Waals surface area contributed by atoms with E-state index in [4.69, 9.17) is 23.2 Å². The van der Waals surface area contributed by atoms with Gasteiger partial charge >= 0.3 is 6.18 Å². The third kappa shape index (κ3) is 3.44. The van der Waals surface area contributed by atoms with Crippen molar-refractivity contribution in [3.63, 3.8) is 0 Å².